The number of rotatable bonds is 6. The van der Waals surface area contributed by atoms with Gasteiger partial charge in [-0.25, -0.2) is 0 Å². The Kier molecular flexibility index (Phi) is 6.39. The van der Waals surface area contributed by atoms with E-state index in [0.29, 0.717) is 5.56 Å². The minimum atomic E-state index is -0.388. The maximum Gasteiger partial charge on any atom is 0.251 e. The van der Waals surface area contributed by atoms with Crippen molar-refractivity contribution in [3.05, 3.63) is 90.5 Å². The summed E-state index contributed by atoms with van der Waals surface area (Å²) in [6.07, 6.45) is 5.38. The molecule has 4 atom stereocenters. The summed E-state index contributed by atoms with van der Waals surface area (Å²) in [6, 6.07) is 21.7. The smallest absolute Gasteiger partial charge is 0.251 e. The highest BCUT2D eigenvalue weighted by atomic mass is 16.5. The number of carbonyl (C=O) groups excluding carboxylic acids is 1. The van der Waals surface area contributed by atoms with Gasteiger partial charge < -0.3 is 19.6 Å². The summed E-state index contributed by atoms with van der Waals surface area (Å²) in [5.41, 5.74) is 1.08. The Bertz CT molecular complexity index is 1290. The van der Waals surface area contributed by atoms with E-state index in [1.807, 2.05) is 61.7 Å². The lowest BCUT2D eigenvalue weighted by Gasteiger charge is -2.61. The van der Waals surface area contributed by atoms with Crippen molar-refractivity contribution in [2.75, 3.05) is 33.8 Å². The second-order valence-corrected chi connectivity index (χ2v) is 11.0. The molecule has 5 nitrogen and oxygen atoms in total. The van der Waals surface area contributed by atoms with Gasteiger partial charge in [-0.05, 0) is 65.9 Å². The van der Waals surface area contributed by atoms with E-state index in [1.165, 1.54) is 0 Å². The zero-order valence-electron chi connectivity index (χ0n) is 21.4. The highest BCUT2D eigenvalue weighted by molar-refractivity contribution is 5.98. The molecule has 1 aliphatic carbocycles. The molecule has 2 N–H and O–H groups in total. The van der Waals surface area contributed by atoms with Crippen molar-refractivity contribution in [2.24, 2.45) is 0 Å². The van der Waals surface area contributed by atoms with E-state index in [-0.39, 0.29) is 28.7 Å². The maximum absolute atomic E-state index is 13.4. The third-order valence-corrected chi connectivity index (χ3v) is 8.79. The zero-order valence-corrected chi connectivity index (χ0v) is 21.4. The van der Waals surface area contributed by atoms with Crippen molar-refractivity contribution >= 4 is 16.7 Å². The lowest BCUT2D eigenvalue weighted by molar-refractivity contribution is -0.918. The molecule has 1 unspecified atom stereocenters. The fraction of sp³-hybridized carbons (Fsp3) is 0.387. The van der Waals surface area contributed by atoms with Crippen LogP contribution in [0.5, 0.6) is 5.75 Å². The number of benzene rings is 3. The van der Waals surface area contributed by atoms with E-state index in [2.05, 4.69) is 31.1 Å². The van der Waals surface area contributed by atoms with Crippen molar-refractivity contribution in [3.8, 4) is 5.75 Å². The number of amides is 1. The van der Waals surface area contributed by atoms with Crippen LogP contribution in [0.1, 0.15) is 41.6 Å². The maximum atomic E-state index is 13.4. The Balaban J connectivity index is 1.47. The molecule has 188 valence electrons. The Labute approximate surface area is 214 Å². The van der Waals surface area contributed by atoms with Gasteiger partial charge in [0.1, 0.15) is 17.9 Å². The van der Waals surface area contributed by atoms with Crippen LogP contribution < -0.4 is 5.32 Å². The first-order valence-electron chi connectivity index (χ1n) is 12.9. The van der Waals surface area contributed by atoms with Gasteiger partial charge in [0.15, 0.2) is 0 Å². The Morgan fingerprint density at radius 1 is 1.14 bits per heavy atom. The number of piperidine rings is 1. The van der Waals surface area contributed by atoms with Crippen molar-refractivity contribution in [2.45, 2.75) is 42.7 Å². The average Bonchev–Trinajstić information content (AvgIpc) is 2.88. The second-order valence-electron chi connectivity index (χ2n) is 11.0. The van der Waals surface area contributed by atoms with E-state index < -0.39 is 0 Å². The number of ether oxygens (including phenoxy) is 1. The van der Waals surface area contributed by atoms with Crippen LogP contribution in [0.25, 0.3) is 10.8 Å². The molecule has 3 aromatic rings. The molecule has 0 aromatic heterocycles. The first-order chi connectivity index (χ1) is 17.3. The number of nitrogens with one attached hydrogen (secondary N) is 1. The molecular formula is C31H37N2O3+. The lowest BCUT2D eigenvalue weighted by Crippen LogP contribution is -2.72. The molecule has 1 heterocycles. The van der Waals surface area contributed by atoms with E-state index in [0.717, 1.165) is 66.1 Å². The third kappa shape index (κ3) is 4.21. The molecular weight excluding hydrogens is 448 g/mol. The van der Waals surface area contributed by atoms with Crippen LogP contribution in [0.2, 0.25) is 0 Å². The number of carbonyl (C=O) groups is 1. The zero-order chi connectivity index (χ0) is 25.4. The van der Waals surface area contributed by atoms with E-state index in [1.54, 1.807) is 6.07 Å². The molecule has 0 spiro atoms. The predicted octanol–water partition coefficient (Wildman–Crippen LogP) is 5.19. The summed E-state index contributed by atoms with van der Waals surface area (Å²) in [7, 11) is 4.11. The Hall–Kier alpha value is -3.15. The Morgan fingerprint density at radius 3 is 2.69 bits per heavy atom. The van der Waals surface area contributed by atoms with Gasteiger partial charge in [-0.2, -0.15) is 0 Å². The summed E-state index contributed by atoms with van der Waals surface area (Å²) in [4.78, 5) is 13.4. The molecule has 5 heteroatoms. The molecule has 1 aliphatic heterocycles. The number of hydrogen-bond acceptors (Lipinski definition) is 3. The number of hydrogen-bond donors (Lipinski definition) is 2. The van der Waals surface area contributed by atoms with Crippen LogP contribution in [0.3, 0.4) is 0 Å². The molecule has 2 aliphatic rings. The van der Waals surface area contributed by atoms with E-state index >= 15 is 0 Å². The van der Waals surface area contributed by atoms with Crippen LogP contribution in [0.15, 0.2) is 79.4 Å². The number of fused-ring (bicyclic) bond motifs is 2. The standard InChI is InChI=1S/C31H36N2O3/c1-4-17-33(2)18-16-30(26-10-7-11-28(34)20-26)21-27(14-15-31(30,22-33)36-3)32-29(35)25-13-12-23-8-5-6-9-24(23)19-25/h4-13,19-20,27H,1,14-18,21-22H2,2-3H3,(H-,32,34,35)/p+1/t27-,30-,31?,33-/m0/s1. The van der Waals surface area contributed by atoms with Crippen LogP contribution in [0.4, 0.5) is 0 Å². The number of phenols is 1. The number of quaternary nitrogens is 1. The van der Waals surface area contributed by atoms with Gasteiger partial charge >= 0.3 is 0 Å². The molecule has 1 amide bonds. The number of phenolic OH excluding ortho intramolecular Hbond substituents is 1. The molecule has 2 fully saturated rings. The first-order valence-corrected chi connectivity index (χ1v) is 12.9. The number of likely N-dealkylation sites (tertiary alicyclic amines) is 1. The SMILES string of the molecule is C=CC[N@@+]1(C)CC[C@@]2(c3cccc(O)c3)C[C@@H](NC(=O)c3ccc4ccccc4c3)CCC2(OC)C1. The number of likely N-dealkylation sites (N-methyl/N-ethyl adjacent to an activating group) is 1. The summed E-state index contributed by atoms with van der Waals surface area (Å²) in [5, 5.41) is 15.9. The fourth-order valence-electron chi connectivity index (χ4n) is 6.95. The van der Waals surface area contributed by atoms with Crippen LogP contribution in [-0.2, 0) is 10.2 Å². The normalized spacial score (nSPS) is 29.9. The van der Waals surface area contributed by atoms with Crippen molar-refractivity contribution in [1.82, 2.24) is 5.32 Å². The van der Waals surface area contributed by atoms with Crippen molar-refractivity contribution in [3.63, 3.8) is 0 Å². The molecule has 36 heavy (non-hydrogen) atoms. The van der Waals surface area contributed by atoms with Crippen molar-refractivity contribution in [1.29, 1.82) is 0 Å². The average molecular weight is 486 g/mol. The first kappa shape index (κ1) is 24.5. The monoisotopic (exact) mass is 485 g/mol. The lowest BCUT2D eigenvalue weighted by atomic mass is 9.54. The number of nitrogens with zero attached hydrogens (tertiary/aromatic N) is 1. The highest BCUT2D eigenvalue weighted by Crippen LogP contribution is 2.54. The van der Waals surface area contributed by atoms with Crippen molar-refractivity contribution < 1.29 is 19.1 Å². The molecule has 1 saturated carbocycles. The summed E-state index contributed by atoms with van der Waals surface area (Å²) >= 11 is 0. The third-order valence-electron chi connectivity index (χ3n) is 8.79. The largest absolute Gasteiger partial charge is 0.508 e. The Morgan fingerprint density at radius 2 is 1.94 bits per heavy atom. The van der Waals surface area contributed by atoms with Crippen LogP contribution in [0, 0.1) is 0 Å². The minimum Gasteiger partial charge on any atom is -0.508 e. The van der Waals surface area contributed by atoms with Crippen LogP contribution >= 0.6 is 0 Å². The van der Waals surface area contributed by atoms with Gasteiger partial charge in [0.2, 0.25) is 0 Å². The topological polar surface area (TPSA) is 58.6 Å². The highest BCUT2D eigenvalue weighted by Gasteiger charge is 2.62. The van der Waals surface area contributed by atoms with Gasteiger partial charge in [0.25, 0.3) is 5.91 Å². The van der Waals surface area contributed by atoms with Gasteiger partial charge in [0.05, 0.1) is 20.1 Å². The number of methoxy groups -OCH3 is 1. The molecule has 0 radical (unpaired) electrons. The predicted molar refractivity (Wildman–Crippen MR) is 144 cm³/mol. The fourth-order valence-corrected chi connectivity index (χ4v) is 6.95. The molecule has 3 aromatic carbocycles. The quantitative estimate of drug-likeness (QED) is 0.373. The molecule has 0 bridgehead atoms. The van der Waals surface area contributed by atoms with E-state index in [4.69, 9.17) is 4.74 Å². The summed E-state index contributed by atoms with van der Waals surface area (Å²) in [6.45, 7) is 6.74. The minimum absolute atomic E-state index is 0.0193. The van der Waals surface area contributed by atoms with Gasteiger partial charge in [-0.3, -0.25) is 4.79 Å². The molecule has 5 rings (SSSR count). The van der Waals surface area contributed by atoms with Gasteiger partial charge in [-0.15, -0.1) is 0 Å². The van der Waals surface area contributed by atoms with Gasteiger partial charge in [-0.1, -0.05) is 49.0 Å². The number of aromatic hydroxyl groups is 1. The molecule has 1 saturated heterocycles. The van der Waals surface area contributed by atoms with E-state index in [9.17, 15) is 9.90 Å². The van der Waals surface area contributed by atoms with Gasteiger partial charge in [0, 0.05) is 30.6 Å². The second kappa shape index (κ2) is 9.38. The summed E-state index contributed by atoms with van der Waals surface area (Å²) < 4.78 is 7.35. The summed E-state index contributed by atoms with van der Waals surface area (Å²) in [5.74, 6) is 0.230. The van der Waals surface area contributed by atoms with Crippen LogP contribution in [-0.4, -0.2) is 60.9 Å².